The molecule has 0 aromatic carbocycles. The topological polar surface area (TPSA) is 55.3 Å². The third-order valence-corrected chi connectivity index (χ3v) is 3.79. The van der Waals surface area contributed by atoms with Crippen molar-refractivity contribution in [2.24, 2.45) is 0 Å². The fourth-order valence-electron chi connectivity index (χ4n) is 2.05. The first-order valence-electron chi connectivity index (χ1n) is 5.93. The summed E-state index contributed by atoms with van der Waals surface area (Å²) in [6.45, 7) is 2.89. The number of anilines is 1. The lowest BCUT2D eigenvalue weighted by atomic mass is 10.0. The monoisotopic (exact) mass is 255 g/mol. The van der Waals surface area contributed by atoms with Gasteiger partial charge >= 0.3 is 5.97 Å². The van der Waals surface area contributed by atoms with Crippen LogP contribution < -0.4 is 4.90 Å². The molecule has 1 aliphatic rings. The second-order valence-corrected chi connectivity index (χ2v) is 4.81. The van der Waals surface area contributed by atoms with Crippen LogP contribution in [-0.2, 0) is 16.0 Å². The molecule has 6 heteroatoms. The van der Waals surface area contributed by atoms with Crippen molar-refractivity contribution in [3.63, 3.8) is 0 Å². The first-order valence-corrected chi connectivity index (χ1v) is 6.70. The van der Waals surface area contributed by atoms with Crippen molar-refractivity contribution < 1.29 is 9.53 Å². The molecule has 94 valence electrons. The van der Waals surface area contributed by atoms with Gasteiger partial charge in [0.05, 0.1) is 7.11 Å². The minimum absolute atomic E-state index is 0.169. The minimum Gasteiger partial charge on any atom is -0.467 e. The number of nitrogens with zero attached hydrogens (tertiary/aromatic N) is 3. The van der Waals surface area contributed by atoms with Gasteiger partial charge in [-0.25, -0.2) is 9.78 Å². The van der Waals surface area contributed by atoms with Gasteiger partial charge in [0.1, 0.15) is 11.9 Å². The highest BCUT2D eigenvalue weighted by Gasteiger charge is 2.31. The van der Waals surface area contributed by atoms with Crippen LogP contribution in [0.4, 0.5) is 5.13 Å². The predicted octanol–water partition coefficient (Wildman–Crippen LogP) is 1.63. The Balaban J connectivity index is 2.18. The number of ether oxygens (including phenoxy) is 1. The fraction of sp³-hybridized carbons (Fsp3) is 0.727. The molecule has 2 rings (SSSR count). The summed E-state index contributed by atoms with van der Waals surface area (Å²) in [6.07, 6.45) is 3.82. The van der Waals surface area contributed by atoms with Crippen molar-refractivity contribution in [3.05, 3.63) is 5.82 Å². The molecule has 1 aromatic heterocycles. The highest BCUT2D eigenvalue weighted by molar-refractivity contribution is 7.09. The number of rotatable bonds is 3. The molecule has 0 amide bonds. The van der Waals surface area contributed by atoms with Gasteiger partial charge in [0.15, 0.2) is 0 Å². The second kappa shape index (κ2) is 5.44. The lowest BCUT2D eigenvalue weighted by Gasteiger charge is -2.33. The molecule has 0 spiro atoms. The normalized spacial score (nSPS) is 20.4. The van der Waals surface area contributed by atoms with Crippen molar-refractivity contribution >= 4 is 22.6 Å². The number of hydrogen-bond acceptors (Lipinski definition) is 6. The molecule has 1 aliphatic heterocycles. The average Bonchev–Trinajstić information content (AvgIpc) is 2.86. The molecule has 0 bridgehead atoms. The molecule has 1 atom stereocenters. The highest BCUT2D eigenvalue weighted by atomic mass is 32.1. The van der Waals surface area contributed by atoms with E-state index in [9.17, 15) is 4.79 Å². The maximum absolute atomic E-state index is 11.7. The summed E-state index contributed by atoms with van der Waals surface area (Å²) in [5, 5.41) is 0.844. The van der Waals surface area contributed by atoms with Crippen molar-refractivity contribution in [1.82, 2.24) is 9.36 Å². The van der Waals surface area contributed by atoms with Gasteiger partial charge in [-0.1, -0.05) is 6.92 Å². The van der Waals surface area contributed by atoms with Gasteiger partial charge in [-0.3, -0.25) is 0 Å². The number of carbonyl (C=O) groups is 1. The maximum atomic E-state index is 11.7. The van der Waals surface area contributed by atoms with E-state index in [1.165, 1.54) is 18.6 Å². The lowest BCUT2D eigenvalue weighted by molar-refractivity contribution is -0.142. The summed E-state index contributed by atoms with van der Waals surface area (Å²) in [7, 11) is 1.44. The first-order chi connectivity index (χ1) is 8.26. The zero-order valence-electron chi connectivity index (χ0n) is 10.2. The molecule has 17 heavy (non-hydrogen) atoms. The van der Waals surface area contributed by atoms with Crippen LogP contribution >= 0.6 is 11.5 Å². The van der Waals surface area contributed by atoms with Crippen LogP contribution in [0.15, 0.2) is 0 Å². The fourth-order valence-corrected chi connectivity index (χ4v) is 2.87. The van der Waals surface area contributed by atoms with E-state index in [2.05, 4.69) is 9.36 Å². The minimum atomic E-state index is -0.189. The average molecular weight is 255 g/mol. The zero-order chi connectivity index (χ0) is 12.3. The maximum Gasteiger partial charge on any atom is 0.328 e. The molecule has 0 aliphatic carbocycles. The van der Waals surface area contributed by atoms with Crippen LogP contribution in [-0.4, -0.2) is 35.0 Å². The molecule has 0 radical (unpaired) electrons. The van der Waals surface area contributed by atoms with Crippen LogP contribution in [0.2, 0.25) is 0 Å². The van der Waals surface area contributed by atoms with Crippen molar-refractivity contribution in [2.45, 2.75) is 38.6 Å². The molecule has 2 heterocycles. The summed E-state index contributed by atoms with van der Waals surface area (Å²) >= 11 is 1.37. The second-order valence-electron chi connectivity index (χ2n) is 4.07. The van der Waals surface area contributed by atoms with E-state index in [0.29, 0.717) is 0 Å². The number of aryl methyl sites for hydroxylation is 1. The van der Waals surface area contributed by atoms with E-state index in [1.54, 1.807) is 0 Å². The highest BCUT2D eigenvalue weighted by Crippen LogP contribution is 2.26. The summed E-state index contributed by atoms with van der Waals surface area (Å²) < 4.78 is 9.12. The third-order valence-electron chi connectivity index (χ3n) is 3.00. The molecular formula is C11H17N3O2S. The van der Waals surface area contributed by atoms with E-state index in [4.69, 9.17) is 4.74 Å². The van der Waals surface area contributed by atoms with Gasteiger partial charge in [-0.2, -0.15) is 4.37 Å². The first kappa shape index (κ1) is 12.3. The Hall–Kier alpha value is -1.17. The standard InChI is InChI=1S/C11H17N3O2S/c1-3-9-12-11(17-13-9)14-7-5-4-6-8(14)10(15)16-2/h8H,3-7H2,1-2H3. The van der Waals surface area contributed by atoms with Crippen molar-refractivity contribution in [3.8, 4) is 0 Å². The Bertz CT molecular complexity index is 394. The van der Waals surface area contributed by atoms with Gasteiger partial charge < -0.3 is 9.64 Å². The molecule has 0 saturated carbocycles. The number of esters is 1. The van der Waals surface area contributed by atoms with Crippen molar-refractivity contribution in [2.75, 3.05) is 18.6 Å². The van der Waals surface area contributed by atoms with E-state index in [1.807, 2.05) is 11.8 Å². The van der Waals surface area contributed by atoms with E-state index < -0.39 is 0 Å². The van der Waals surface area contributed by atoms with E-state index in [-0.39, 0.29) is 12.0 Å². The quantitative estimate of drug-likeness (QED) is 0.768. The van der Waals surface area contributed by atoms with Crippen molar-refractivity contribution in [1.29, 1.82) is 0 Å². The Morgan fingerprint density at radius 3 is 3.06 bits per heavy atom. The Morgan fingerprint density at radius 2 is 2.41 bits per heavy atom. The Morgan fingerprint density at radius 1 is 1.59 bits per heavy atom. The summed E-state index contributed by atoms with van der Waals surface area (Å²) in [5.74, 6) is 0.678. The summed E-state index contributed by atoms with van der Waals surface area (Å²) in [4.78, 5) is 18.2. The molecule has 0 N–H and O–H groups in total. The third kappa shape index (κ3) is 2.57. The van der Waals surface area contributed by atoms with Crippen LogP contribution in [0.3, 0.4) is 0 Å². The molecule has 1 saturated heterocycles. The lowest BCUT2D eigenvalue weighted by Crippen LogP contribution is -2.45. The number of aromatic nitrogens is 2. The van der Waals surface area contributed by atoms with E-state index in [0.717, 1.165) is 43.2 Å². The molecule has 1 aromatic rings. The molecule has 1 unspecified atom stereocenters. The summed E-state index contributed by atoms with van der Waals surface area (Å²) in [5.41, 5.74) is 0. The Labute approximate surface area is 105 Å². The summed E-state index contributed by atoms with van der Waals surface area (Å²) in [6, 6.07) is -0.189. The van der Waals surface area contributed by atoms with Gasteiger partial charge in [0.25, 0.3) is 0 Å². The van der Waals surface area contributed by atoms with Gasteiger partial charge in [-0.05, 0) is 19.3 Å². The number of piperidine rings is 1. The Kier molecular flexibility index (Phi) is 3.93. The van der Waals surface area contributed by atoms with E-state index >= 15 is 0 Å². The van der Waals surface area contributed by atoms with Crippen LogP contribution in [0.1, 0.15) is 32.0 Å². The molecule has 1 fully saturated rings. The number of hydrogen-bond donors (Lipinski definition) is 0. The smallest absolute Gasteiger partial charge is 0.328 e. The largest absolute Gasteiger partial charge is 0.467 e. The van der Waals surface area contributed by atoms with Gasteiger partial charge in [0.2, 0.25) is 5.13 Å². The predicted molar refractivity (Wildman–Crippen MR) is 66.3 cm³/mol. The zero-order valence-corrected chi connectivity index (χ0v) is 11.0. The SMILES string of the molecule is CCc1nsc(N2CCCCC2C(=O)OC)n1. The number of methoxy groups -OCH3 is 1. The molecular weight excluding hydrogens is 238 g/mol. The molecule has 5 nitrogen and oxygen atoms in total. The number of carbonyl (C=O) groups excluding carboxylic acids is 1. The van der Waals surface area contributed by atoms with Crippen LogP contribution in [0.5, 0.6) is 0 Å². The van der Waals surface area contributed by atoms with Gasteiger partial charge in [0, 0.05) is 24.5 Å². The van der Waals surface area contributed by atoms with Gasteiger partial charge in [-0.15, -0.1) is 0 Å². The van der Waals surface area contributed by atoms with Crippen LogP contribution in [0, 0.1) is 0 Å². The van der Waals surface area contributed by atoms with Crippen LogP contribution in [0.25, 0.3) is 0 Å².